The molecule has 2 heterocycles. The Hall–Kier alpha value is -2.70. The molecule has 0 N–H and O–H groups in total. The zero-order valence-corrected chi connectivity index (χ0v) is 19.4. The summed E-state index contributed by atoms with van der Waals surface area (Å²) in [6.45, 7) is 6.08. The first kappa shape index (κ1) is 22.5. The van der Waals surface area contributed by atoms with Crippen LogP contribution in [0.25, 0.3) is 10.9 Å². The fourth-order valence-corrected chi connectivity index (χ4v) is 4.22. The number of ether oxygens (including phenoxy) is 1. The van der Waals surface area contributed by atoms with Crippen molar-refractivity contribution < 1.29 is 14.3 Å². The van der Waals surface area contributed by atoms with E-state index < -0.39 is 0 Å². The minimum absolute atomic E-state index is 0.0325. The van der Waals surface area contributed by atoms with Crippen LogP contribution < -0.4 is 0 Å². The van der Waals surface area contributed by atoms with Gasteiger partial charge in [-0.2, -0.15) is 5.10 Å². The number of Topliss-reactive ketones (excluding diaryl/α,β-unsaturated/α-hetero) is 1. The van der Waals surface area contributed by atoms with Gasteiger partial charge in [0, 0.05) is 66.8 Å². The lowest BCUT2D eigenvalue weighted by molar-refractivity contribution is 0.0462. The van der Waals surface area contributed by atoms with Crippen molar-refractivity contribution in [2.24, 2.45) is 5.92 Å². The van der Waals surface area contributed by atoms with Gasteiger partial charge in [0.1, 0.15) is 0 Å². The summed E-state index contributed by atoms with van der Waals surface area (Å²) in [5.74, 6) is 0.528. The summed E-state index contributed by atoms with van der Waals surface area (Å²) >= 11 is 5.90. The number of benzene rings is 2. The van der Waals surface area contributed by atoms with E-state index in [2.05, 4.69) is 5.10 Å². The summed E-state index contributed by atoms with van der Waals surface area (Å²) < 4.78 is 7.18. The molecular weight excluding hydrogens is 426 g/mol. The highest BCUT2D eigenvalue weighted by atomic mass is 35.5. The number of aryl methyl sites for hydroxylation is 1. The van der Waals surface area contributed by atoms with Crippen molar-refractivity contribution in [3.8, 4) is 0 Å². The number of halogens is 1. The maximum absolute atomic E-state index is 12.7. The number of likely N-dealkylation sites (tertiary alicyclic amines) is 1. The third-order valence-electron chi connectivity index (χ3n) is 6.16. The van der Waals surface area contributed by atoms with Crippen LogP contribution in [0.4, 0.5) is 0 Å². The van der Waals surface area contributed by atoms with Crippen LogP contribution in [-0.2, 0) is 11.3 Å². The van der Waals surface area contributed by atoms with Crippen molar-refractivity contribution >= 4 is 34.2 Å². The van der Waals surface area contributed by atoms with E-state index in [4.69, 9.17) is 16.3 Å². The van der Waals surface area contributed by atoms with Crippen molar-refractivity contribution in [2.75, 3.05) is 20.2 Å². The minimum Gasteiger partial charge on any atom is -0.382 e. The van der Waals surface area contributed by atoms with Crippen LogP contribution in [0.2, 0.25) is 5.02 Å². The molecule has 32 heavy (non-hydrogen) atoms. The van der Waals surface area contributed by atoms with Gasteiger partial charge in [-0.05, 0) is 62.2 Å². The molecule has 7 heteroatoms. The molecule has 2 aromatic carbocycles. The summed E-state index contributed by atoms with van der Waals surface area (Å²) in [7, 11) is 1.66. The monoisotopic (exact) mass is 453 g/mol. The number of ketones is 1. The molecule has 1 aliphatic heterocycles. The zero-order valence-electron chi connectivity index (χ0n) is 18.7. The number of carbonyl (C=O) groups excluding carboxylic acids is 2. The number of nitrogens with zero attached hydrogens (tertiary/aromatic N) is 3. The highest BCUT2D eigenvalue weighted by Gasteiger charge is 2.31. The van der Waals surface area contributed by atoms with Crippen LogP contribution in [0.5, 0.6) is 0 Å². The van der Waals surface area contributed by atoms with E-state index in [0.29, 0.717) is 42.4 Å². The van der Waals surface area contributed by atoms with Crippen molar-refractivity contribution in [3.05, 3.63) is 64.3 Å². The predicted octanol–water partition coefficient (Wildman–Crippen LogP) is 4.77. The molecule has 0 radical (unpaired) electrons. The summed E-state index contributed by atoms with van der Waals surface area (Å²) in [4.78, 5) is 27.1. The summed E-state index contributed by atoms with van der Waals surface area (Å²) in [5.41, 5.74) is 3.24. The largest absolute Gasteiger partial charge is 0.382 e. The first-order chi connectivity index (χ1) is 15.3. The number of hydrogen-bond donors (Lipinski definition) is 0. The predicted molar refractivity (Wildman–Crippen MR) is 125 cm³/mol. The molecule has 1 amide bonds. The van der Waals surface area contributed by atoms with E-state index in [0.717, 1.165) is 28.6 Å². The molecule has 0 saturated carbocycles. The van der Waals surface area contributed by atoms with Gasteiger partial charge in [0.25, 0.3) is 5.91 Å². The second-order valence-electron chi connectivity index (χ2n) is 8.67. The van der Waals surface area contributed by atoms with Crippen molar-refractivity contribution in [2.45, 2.75) is 39.3 Å². The Morgan fingerprint density at radius 3 is 2.62 bits per heavy atom. The summed E-state index contributed by atoms with van der Waals surface area (Å²) in [6.07, 6.45) is 3.24. The molecule has 1 aliphatic rings. The molecule has 6 nitrogen and oxygen atoms in total. The third kappa shape index (κ3) is 4.87. The number of amides is 1. The van der Waals surface area contributed by atoms with Crippen LogP contribution in [0.1, 0.15) is 46.0 Å². The number of aromatic nitrogens is 2. The number of fused-ring (bicyclic) bond motifs is 1. The van der Waals surface area contributed by atoms with E-state index in [1.165, 1.54) is 0 Å². The second kappa shape index (κ2) is 9.43. The minimum atomic E-state index is 0.0325. The molecule has 0 spiro atoms. The van der Waals surface area contributed by atoms with Gasteiger partial charge in [-0.15, -0.1) is 0 Å². The highest BCUT2D eigenvalue weighted by molar-refractivity contribution is 6.30. The van der Waals surface area contributed by atoms with Gasteiger partial charge >= 0.3 is 0 Å². The quantitative estimate of drug-likeness (QED) is 0.461. The molecular formula is C25H28ClN3O3. The Kier molecular flexibility index (Phi) is 6.63. The number of hydrogen-bond acceptors (Lipinski definition) is 4. The van der Waals surface area contributed by atoms with Gasteiger partial charge < -0.3 is 9.64 Å². The average Bonchev–Trinajstić information content (AvgIpc) is 3.14. The van der Waals surface area contributed by atoms with E-state index in [1.807, 2.05) is 41.8 Å². The number of carbonyl (C=O) groups is 2. The lowest BCUT2D eigenvalue weighted by atomic mass is 9.98. The molecule has 3 aromatic rings. The van der Waals surface area contributed by atoms with Gasteiger partial charge in [-0.3, -0.25) is 14.3 Å². The zero-order chi connectivity index (χ0) is 22.8. The second-order valence-corrected chi connectivity index (χ2v) is 9.10. The van der Waals surface area contributed by atoms with Crippen molar-refractivity contribution in [3.63, 3.8) is 0 Å². The van der Waals surface area contributed by atoms with Gasteiger partial charge in [-0.1, -0.05) is 11.6 Å². The molecule has 1 unspecified atom stereocenters. The Labute approximate surface area is 193 Å². The Morgan fingerprint density at radius 2 is 1.94 bits per heavy atom. The molecule has 0 aliphatic carbocycles. The fraction of sp³-hybridized carbons (Fsp3) is 0.400. The van der Waals surface area contributed by atoms with Crippen molar-refractivity contribution in [1.82, 2.24) is 14.7 Å². The van der Waals surface area contributed by atoms with Gasteiger partial charge in [0.15, 0.2) is 5.78 Å². The first-order valence-corrected chi connectivity index (χ1v) is 11.3. The Balaban J connectivity index is 1.38. The smallest absolute Gasteiger partial charge is 0.253 e. The van der Waals surface area contributed by atoms with Gasteiger partial charge in [0.05, 0.1) is 11.6 Å². The topological polar surface area (TPSA) is 64.4 Å². The third-order valence-corrected chi connectivity index (χ3v) is 6.41. The summed E-state index contributed by atoms with van der Waals surface area (Å²) in [6, 6.07) is 10.9. The SMILES string of the molecule is COC(C)CCC(=O)c1cc2cn(CC3CN(C(=O)c4ccc(Cl)cc4)C3)nc2cc1C. The molecule has 1 atom stereocenters. The van der Waals surface area contributed by atoms with Crippen molar-refractivity contribution in [1.29, 1.82) is 0 Å². The lowest BCUT2D eigenvalue weighted by Crippen LogP contribution is -2.51. The Morgan fingerprint density at radius 1 is 1.22 bits per heavy atom. The van der Waals surface area contributed by atoms with Gasteiger partial charge in [-0.25, -0.2) is 0 Å². The molecule has 1 fully saturated rings. The summed E-state index contributed by atoms with van der Waals surface area (Å²) in [5, 5.41) is 6.28. The number of methoxy groups -OCH3 is 1. The van der Waals surface area contributed by atoms with Gasteiger partial charge in [0.2, 0.25) is 0 Å². The normalized spacial score (nSPS) is 15.1. The van der Waals surface area contributed by atoms with E-state index in [-0.39, 0.29) is 17.8 Å². The molecule has 0 bridgehead atoms. The van der Waals surface area contributed by atoms with E-state index in [9.17, 15) is 9.59 Å². The molecule has 4 rings (SSSR count). The molecule has 1 aromatic heterocycles. The van der Waals surface area contributed by atoms with Crippen LogP contribution in [0.15, 0.2) is 42.6 Å². The highest BCUT2D eigenvalue weighted by Crippen LogP contribution is 2.24. The van der Waals surface area contributed by atoms with Crippen LogP contribution in [0.3, 0.4) is 0 Å². The fourth-order valence-electron chi connectivity index (χ4n) is 4.10. The average molecular weight is 454 g/mol. The standard InChI is InChI=1S/C25H28ClN3O3/c1-16-10-23-20(11-22(16)24(30)9-4-17(2)32-3)15-29(27-23)14-18-12-28(13-18)25(31)19-5-7-21(26)8-6-19/h5-8,10-11,15,17-18H,4,9,12-14H2,1-3H3. The number of rotatable bonds is 8. The van der Waals surface area contributed by atoms with Crippen LogP contribution in [-0.4, -0.2) is 52.7 Å². The maximum Gasteiger partial charge on any atom is 0.253 e. The van der Waals surface area contributed by atoms with Crippen LogP contribution >= 0.6 is 11.6 Å². The van der Waals surface area contributed by atoms with E-state index in [1.54, 1.807) is 31.4 Å². The Bertz CT molecular complexity index is 1130. The molecule has 1 saturated heterocycles. The van der Waals surface area contributed by atoms with E-state index >= 15 is 0 Å². The maximum atomic E-state index is 12.7. The van der Waals surface area contributed by atoms with Crippen LogP contribution in [0, 0.1) is 12.8 Å². The first-order valence-electron chi connectivity index (χ1n) is 10.9. The molecule has 168 valence electrons. The lowest BCUT2D eigenvalue weighted by Gasteiger charge is -2.39.